The Labute approximate surface area is 727 Å². The Bertz CT molecular complexity index is 5220. The molecule has 34 nitrogen and oxygen atoms in total. The van der Waals surface area contributed by atoms with Crippen LogP contribution >= 0.6 is 111 Å². The van der Waals surface area contributed by atoms with E-state index >= 15 is 0 Å². The van der Waals surface area contributed by atoms with Crippen molar-refractivity contribution in [3.8, 4) is 11.5 Å². The van der Waals surface area contributed by atoms with E-state index in [2.05, 4.69) is 40.7 Å². The molecule has 0 amide bonds. The summed E-state index contributed by atoms with van der Waals surface area (Å²) in [7, 11) is -29.6. The molecule has 0 spiro atoms. The molecule has 6 aromatic carbocycles. The first-order chi connectivity index (χ1) is 56.6. The van der Waals surface area contributed by atoms with Crippen molar-refractivity contribution in [1.29, 1.82) is 0 Å². The number of nitrogens with two attached hydrogens (primary N) is 1. The molecule has 4 atom stereocenters. The molecule has 0 aliphatic rings. The van der Waals surface area contributed by atoms with E-state index in [0.717, 1.165) is 62.8 Å². The summed E-state index contributed by atoms with van der Waals surface area (Å²) >= 11 is 18.4. The molecular weight excluding hydrogens is 1870 g/mol. The number of phenolic OH excluding ortho intramolecular Hbond substituents is 1. The van der Waals surface area contributed by atoms with Crippen molar-refractivity contribution in [2.24, 2.45) is 5.14 Å². The Balaban J connectivity index is 0.000000494. The summed E-state index contributed by atoms with van der Waals surface area (Å²) in [6.07, 6.45) is 1.54. The number of nitrogens with one attached hydrogen (secondary N) is 3. The number of hydrogen-bond acceptors (Lipinski definition) is 29. The maximum absolute atomic E-state index is 13.6. The number of aldehydes is 1. The number of primary sulfonamides is 1. The number of rotatable bonds is 34. The molecule has 0 fully saturated rings. The van der Waals surface area contributed by atoms with E-state index in [1.807, 2.05) is 60.7 Å². The molecule has 10 aromatic rings. The number of alkyl halides is 2. The number of carbonyl (C=O) groups is 2. The second-order valence-electron chi connectivity index (χ2n) is 22.5. The zero-order chi connectivity index (χ0) is 90.0. The van der Waals surface area contributed by atoms with Crippen molar-refractivity contribution in [2.45, 2.75) is 94.5 Å². The first kappa shape index (κ1) is 109. The predicted molar refractivity (Wildman–Crippen MR) is 465 cm³/mol. The molecule has 49 heteroatoms. The van der Waals surface area contributed by atoms with Gasteiger partial charge in [0.1, 0.15) is 65.2 Å². The van der Waals surface area contributed by atoms with E-state index in [0.29, 0.717) is 30.8 Å². The van der Waals surface area contributed by atoms with E-state index < -0.39 is 98.3 Å². The van der Waals surface area contributed by atoms with Crippen LogP contribution in [-0.4, -0.2) is 119 Å². The first-order valence-corrected chi connectivity index (χ1v) is 51.3. The number of benzene rings is 6. The highest BCUT2D eigenvalue weighted by Crippen LogP contribution is 2.54. The molecule has 0 saturated carbocycles. The fourth-order valence-electron chi connectivity index (χ4n) is 8.63. The minimum Gasteiger partial charge on any atom is -0.508 e. The predicted octanol–water partition coefficient (Wildman–Crippen LogP) is 15.6. The minimum absolute atomic E-state index is 0.00552. The average molecular weight is 1960 g/mol. The van der Waals surface area contributed by atoms with Crippen molar-refractivity contribution in [3.63, 3.8) is 0 Å². The van der Waals surface area contributed by atoms with E-state index in [1.165, 1.54) is 79.7 Å². The number of phenols is 1. The third kappa shape index (κ3) is 43.7. The monoisotopic (exact) mass is 1960 g/mol. The van der Waals surface area contributed by atoms with Gasteiger partial charge in [-0.05, 0) is 132 Å². The fourth-order valence-corrected chi connectivity index (χ4v) is 22.9. The Morgan fingerprint density at radius 2 is 0.817 bits per heavy atom. The van der Waals surface area contributed by atoms with Gasteiger partial charge < -0.3 is 33.3 Å². The van der Waals surface area contributed by atoms with Gasteiger partial charge in [-0.25, -0.2) is 49.3 Å². The lowest BCUT2D eigenvalue weighted by Crippen LogP contribution is -2.51. The number of halogens is 3. The van der Waals surface area contributed by atoms with Gasteiger partial charge in [-0.1, -0.05) is 146 Å². The quantitative estimate of drug-likeness (QED) is 0.00464. The highest BCUT2D eigenvalue weighted by molar-refractivity contribution is 7.92. The summed E-state index contributed by atoms with van der Waals surface area (Å²) in [6.45, 7) is 9.41. The van der Waals surface area contributed by atoms with E-state index in [9.17, 15) is 91.5 Å². The van der Waals surface area contributed by atoms with Crippen LogP contribution < -0.4 is 29.7 Å². The van der Waals surface area contributed by atoms with Crippen LogP contribution in [0.4, 0.5) is 11.4 Å². The minimum atomic E-state index is -4.63. The topological polar surface area (TPSA) is 531 Å². The molecule has 656 valence electrons. The highest BCUT2D eigenvalue weighted by atomic mass is 35.5. The summed E-state index contributed by atoms with van der Waals surface area (Å²) in [5, 5.41) is 40.7. The molecule has 120 heavy (non-hydrogen) atoms. The summed E-state index contributed by atoms with van der Waals surface area (Å²) in [5.41, 5.74) is 3.04. The number of nitrogens with zero attached hydrogens (tertiary/aromatic N) is 2. The molecule has 4 unspecified atom stereocenters. The van der Waals surface area contributed by atoms with Crippen LogP contribution in [0.5, 0.6) is 11.5 Å². The van der Waals surface area contributed by atoms with Crippen molar-refractivity contribution >= 4 is 174 Å². The summed E-state index contributed by atoms with van der Waals surface area (Å²) in [6, 6.07) is 58.3. The van der Waals surface area contributed by atoms with Gasteiger partial charge in [-0.15, -0.1) is 82.2 Å². The number of nitro groups is 2. The first-order valence-electron chi connectivity index (χ1n) is 34.3. The van der Waals surface area contributed by atoms with E-state index in [-0.39, 0.29) is 82.8 Å². The van der Waals surface area contributed by atoms with Gasteiger partial charge in [0.15, 0.2) is 0 Å². The maximum Gasteiger partial charge on any atom is 0.697 e. The number of sulfonamides is 4. The van der Waals surface area contributed by atoms with Crippen molar-refractivity contribution in [1.82, 2.24) is 14.2 Å². The van der Waals surface area contributed by atoms with E-state index in [4.69, 9.17) is 51.6 Å². The summed E-state index contributed by atoms with van der Waals surface area (Å²) < 4.78 is 182. The van der Waals surface area contributed by atoms with Gasteiger partial charge in [-0.3, -0.25) is 34.2 Å². The number of carbonyl (C=O) groups excluding carboxylic acids is 2. The average Bonchev–Trinajstić information content (AvgIpc) is 1.30. The largest absolute Gasteiger partial charge is 0.697 e. The molecule has 0 bridgehead atoms. The van der Waals surface area contributed by atoms with E-state index in [1.54, 1.807) is 134 Å². The molecule has 11 N–H and O–H groups in total. The molecule has 0 aliphatic heterocycles. The highest BCUT2D eigenvalue weighted by Gasteiger charge is 2.43. The van der Waals surface area contributed by atoms with Crippen LogP contribution in [0, 0.1) is 20.2 Å². The number of aromatic hydroxyl groups is 1. The van der Waals surface area contributed by atoms with Crippen LogP contribution in [0.1, 0.15) is 56.9 Å². The third-order valence-corrected chi connectivity index (χ3v) is 31.4. The lowest BCUT2D eigenvalue weighted by Gasteiger charge is -2.26. The molecule has 0 saturated heterocycles. The number of hydrogen-bond donors (Lipinski definition) is 8. The maximum atomic E-state index is 13.6. The molecular formula is C71H88Cl3N7O27P4S8+2. The smallest absolute Gasteiger partial charge is 0.508 e. The molecule has 4 heterocycles. The van der Waals surface area contributed by atoms with Crippen LogP contribution in [0.2, 0.25) is 0 Å². The van der Waals surface area contributed by atoms with Gasteiger partial charge in [0.25, 0.3) is 41.4 Å². The zero-order valence-electron chi connectivity index (χ0n) is 64.3. The number of non-ortho nitro benzene ring substituents is 2. The molecule has 10 rings (SSSR count). The van der Waals surface area contributed by atoms with Crippen molar-refractivity contribution in [2.75, 3.05) is 31.8 Å². The van der Waals surface area contributed by atoms with Crippen LogP contribution in [0.25, 0.3) is 0 Å². The van der Waals surface area contributed by atoms with Crippen LogP contribution in [-0.2, 0) is 116 Å². The number of thiophene rings is 4. The zero-order valence-corrected chi connectivity index (χ0v) is 76.7. The number of quaternary nitrogens is 1. The van der Waals surface area contributed by atoms with Crippen molar-refractivity contribution in [3.05, 3.63) is 282 Å². The Kier molecular flexibility index (Phi) is 52.0. The summed E-state index contributed by atoms with van der Waals surface area (Å²) in [5.74, 6) is -0.551. The van der Waals surface area contributed by atoms with Crippen LogP contribution in [0.3, 0.4) is 0 Å². The number of nitro benzene ring substituents is 2. The van der Waals surface area contributed by atoms with Gasteiger partial charge in [0.05, 0.1) is 28.4 Å². The fraction of sp³-hybridized carbons (Fsp3) is 0.239. The Morgan fingerprint density at radius 3 is 1.08 bits per heavy atom. The lowest BCUT2D eigenvalue weighted by molar-refractivity contribution is -0.640. The SMILES string of the molecule is CC(=O)Cl.CCOP(=O)(OCC)C(Cc1ccccc1)NS(=O)(=O)c1cccs1.CCO[P+](=O)OCC.ClCCl.NS(=O)(=O)c1cccs1.O=CCc1ccccc1.O=P(O)(O)C(Cc1ccccc1)NS(=O)(=O)c1cccs1.O=[N+]([O-])c1ccc(O)cc1.[NH3+]OP(=O)(Oc1ccc([N+](=O)[O-])cc1)C(Cc1ccccc1)NS(=O)(=O)c1cccs1. The van der Waals surface area contributed by atoms with Gasteiger partial charge in [-0.2, -0.15) is 14.2 Å². The van der Waals surface area contributed by atoms with Crippen LogP contribution in [0.15, 0.2) is 257 Å². The summed E-state index contributed by atoms with van der Waals surface area (Å²) in [4.78, 5) is 57.7. The standard InChI is InChI=1S/C18H19N3O7PS2.C16H22NO5PS2.C12H14NO5PS2.C8H8O.C6H5NO3.C4H5NO2S2.C4H10O3P.C2H3ClO.CH2Cl2/c19-28-29(24,27-16-10-8-15(9-11-16)21(22)23)17(13-14-5-2-1-3-6-14)20-31(25,26)18-7-4-12-30-18;1-3-21-23(18,22-4-2)15(13-14-9-6-5-7-10-14)17-25(19,20)16-11-8-12-24-16;14-19(15,16)11(9-10-5-2-1-3-6-10)13-21(17,18)12-7-4-8-20-12;9-7-6-8-4-2-1-3-5-8;8-6-3-1-5(2-4-6)7(9)10;5-9(6,7)4-2-1-3-8-4;1-3-6-8(5)7-4-2;1-2(3)4;2-1-3/h1-12,17,20H,13H2,19H3;5-12,15,17H,3-4,13H2,1-2H3;1-8,11,13H,9H2,(H2,14,15,16);1-5,7H,6H2;1-4,8H;1-3H,(H2,5,6,7);3-4H2,1-2H3;1H3;1H2/q+1;;;;;;+1;;. The van der Waals surface area contributed by atoms with Gasteiger partial charge in [0, 0.05) is 61.4 Å². The van der Waals surface area contributed by atoms with Crippen molar-refractivity contribution < 1.29 is 119 Å². The molecule has 4 aromatic heterocycles. The second-order valence-corrected chi connectivity index (χ2v) is 42.4. The second kappa shape index (κ2) is 57.3. The molecule has 0 radical (unpaired) electrons. The molecule has 0 aliphatic carbocycles. The third-order valence-electron chi connectivity index (χ3n) is 13.7. The normalized spacial score (nSPS) is 12.3. The Hall–Kier alpha value is -7.16. The lowest BCUT2D eigenvalue weighted by atomic mass is 10.1. The Morgan fingerprint density at radius 1 is 0.517 bits per heavy atom. The van der Waals surface area contributed by atoms with Gasteiger partial charge in [0.2, 0.25) is 15.3 Å². The van der Waals surface area contributed by atoms with Gasteiger partial charge >= 0.3 is 31.0 Å².